The first-order valence-corrected chi connectivity index (χ1v) is 9.46. The highest BCUT2D eigenvalue weighted by Gasteiger charge is 2.31. The van der Waals surface area contributed by atoms with Crippen LogP contribution in [0.2, 0.25) is 5.02 Å². The van der Waals surface area contributed by atoms with Crippen LogP contribution < -0.4 is 19.7 Å². The topological polar surface area (TPSA) is 71.1 Å². The molecule has 2 aromatic carbocycles. The Hall–Kier alpha value is -2.93. The van der Waals surface area contributed by atoms with Crippen LogP contribution in [-0.4, -0.2) is 49.7 Å². The Kier molecular flexibility index (Phi) is 5.25. The minimum atomic E-state index is -0.225. The summed E-state index contributed by atoms with van der Waals surface area (Å²) >= 11 is 6.10. The Balaban J connectivity index is 1.35. The van der Waals surface area contributed by atoms with Crippen LogP contribution in [0, 0.1) is 0 Å². The number of hydrogen-bond acceptors (Lipinski definition) is 4. The van der Waals surface area contributed by atoms with Gasteiger partial charge in [-0.3, -0.25) is 9.69 Å². The van der Waals surface area contributed by atoms with Gasteiger partial charge in [0.2, 0.25) is 5.91 Å². The van der Waals surface area contributed by atoms with Gasteiger partial charge in [-0.1, -0.05) is 29.8 Å². The second-order valence-electron chi connectivity index (χ2n) is 6.55. The van der Waals surface area contributed by atoms with Crippen molar-refractivity contribution in [2.75, 3.05) is 37.7 Å². The lowest BCUT2D eigenvalue weighted by atomic mass is 10.2. The number of amides is 3. The van der Waals surface area contributed by atoms with Gasteiger partial charge in [0.1, 0.15) is 19.8 Å². The molecule has 2 aliphatic heterocycles. The van der Waals surface area contributed by atoms with Gasteiger partial charge in [0.25, 0.3) is 0 Å². The summed E-state index contributed by atoms with van der Waals surface area (Å²) in [7, 11) is 0. The number of carbonyl (C=O) groups is 2. The maximum absolute atomic E-state index is 12.7. The van der Waals surface area contributed by atoms with Crippen LogP contribution in [0.1, 0.15) is 5.56 Å². The molecule has 0 spiro atoms. The fourth-order valence-electron chi connectivity index (χ4n) is 3.23. The number of ether oxygens (including phenoxy) is 2. The van der Waals surface area contributed by atoms with E-state index < -0.39 is 0 Å². The summed E-state index contributed by atoms with van der Waals surface area (Å²) in [6.45, 7) is 2.33. The molecule has 0 atom stereocenters. The van der Waals surface area contributed by atoms with Gasteiger partial charge in [-0.25, -0.2) is 4.79 Å². The number of nitrogens with one attached hydrogen (secondary N) is 1. The normalized spacial score (nSPS) is 15.7. The molecule has 2 aromatic rings. The zero-order chi connectivity index (χ0) is 19.5. The number of rotatable bonds is 5. The molecule has 1 fully saturated rings. The van der Waals surface area contributed by atoms with E-state index in [1.54, 1.807) is 23.1 Å². The Bertz CT molecular complexity index is 905. The Morgan fingerprint density at radius 1 is 1.07 bits per heavy atom. The van der Waals surface area contributed by atoms with Crippen molar-refractivity contribution in [2.24, 2.45) is 0 Å². The molecule has 2 aliphatic rings. The molecule has 1 saturated heterocycles. The fourth-order valence-corrected chi connectivity index (χ4v) is 3.44. The first-order chi connectivity index (χ1) is 13.6. The molecule has 0 bridgehead atoms. The third-order valence-electron chi connectivity index (χ3n) is 4.70. The van der Waals surface area contributed by atoms with Gasteiger partial charge in [-0.2, -0.15) is 0 Å². The molecule has 0 aromatic heterocycles. The van der Waals surface area contributed by atoms with Crippen LogP contribution in [0.15, 0.2) is 42.5 Å². The molecule has 3 amide bonds. The molecular weight excluding hydrogens is 382 g/mol. The first kappa shape index (κ1) is 18.4. The average Bonchev–Trinajstić information content (AvgIpc) is 3.07. The molecular formula is C20H20ClN3O4. The highest BCUT2D eigenvalue weighted by atomic mass is 35.5. The summed E-state index contributed by atoms with van der Waals surface area (Å²) < 4.78 is 11.1. The van der Waals surface area contributed by atoms with E-state index in [1.807, 2.05) is 24.3 Å². The highest BCUT2D eigenvalue weighted by molar-refractivity contribution is 6.31. The summed E-state index contributed by atoms with van der Waals surface area (Å²) in [6.07, 6.45) is 0. The largest absolute Gasteiger partial charge is 0.486 e. The van der Waals surface area contributed by atoms with Crippen LogP contribution in [0.4, 0.5) is 10.5 Å². The molecule has 4 rings (SSSR count). The number of nitrogens with zero attached hydrogens (tertiary/aromatic N) is 2. The smallest absolute Gasteiger partial charge is 0.325 e. The quantitative estimate of drug-likeness (QED) is 0.836. The van der Waals surface area contributed by atoms with Gasteiger partial charge in [-0.05, 0) is 23.8 Å². The van der Waals surface area contributed by atoms with E-state index in [0.717, 1.165) is 11.3 Å². The molecule has 0 aliphatic carbocycles. The number of halogens is 1. The van der Waals surface area contributed by atoms with Crippen molar-refractivity contribution in [3.05, 3.63) is 53.1 Å². The average molecular weight is 402 g/mol. The van der Waals surface area contributed by atoms with E-state index in [9.17, 15) is 9.59 Å². The van der Waals surface area contributed by atoms with Crippen molar-refractivity contribution in [3.8, 4) is 11.5 Å². The van der Waals surface area contributed by atoms with E-state index in [1.165, 1.54) is 4.90 Å². The van der Waals surface area contributed by atoms with Crippen molar-refractivity contribution in [1.29, 1.82) is 0 Å². The lowest BCUT2D eigenvalue weighted by Crippen LogP contribution is -2.39. The van der Waals surface area contributed by atoms with Crippen LogP contribution in [0.5, 0.6) is 11.5 Å². The number of fused-ring (bicyclic) bond motifs is 1. The standard InChI is InChI=1S/C20H20ClN3O4/c21-16-4-2-1-3-14(16)12-22-19(25)13-23-7-8-24(20(23)26)15-5-6-17-18(11-15)28-10-9-27-17/h1-6,11H,7-10,12-13H2,(H,22,25). The van der Waals surface area contributed by atoms with Gasteiger partial charge in [0.15, 0.2) is 11.5 Å². The van der Waals surface area contributed by atoms with Crippen molar-refractivity contribution in [2.45, 2.75) is 6.54 Å². The summed E-state index contributed by atoms with van der Waals surface area (Å²) in [5.74, 6) is 1.09. The highest BCUT2D eigenvalue weighted by Crippen LogP contribution is 2.34. The number of urea groups is 1. The van der Waals surface area contributed by atoms with E-state index >= 15 is 0 Å². The molecule has 2 heterocycles. The lowest BCUT2D eigenvalue weighted by Gasteiger charge is -2.22. The Labute approximate surface area is 167 Å². The number of benzene rings is 2. The van der Waals surface area contributed by atoms with E-state index in [0.29, 0.717) is 49.4 Å². The predicted molar refractivity (Wildman–Crippen MR) is 105 cm³/mol. The van der Waals surface area contributed by atoms with Crippen molar-refractivity contribution in [1.82, 2.24) is 10.2 Å². The molecule has 1 N–H and O–H groups in total. The number of hydrogen-bond donors (Lipinski definition) is 1. The fraction of sp³-hybridized carbons (Fsp3) is 0.300. The Morgan fingerprint density at radius 2 is 1.86 bits per heavy atom. The zero-order valence-corrected chi connectivity index (χ0v) is 15.9. The summed E-state index contributed by atoms with van der Waals surface area (Å²) in [6, 6.07) is 12.6. The van der Waals surface area contributed by atoms with Crippen LogP contribution >= 0.6 is 11.6 Å². The minimum absolute atomic E-state index is 0.00430. The zero-order valence-electron chi connectivity index (χ0n) is 15.2. The van der Waals surface area contributed by atoms with E-state index in [2.05, 4.69) is 5.32 Å². The van der Waals surface area contributed by atoms with Gasteiger partial charge >= 0.3 is 6.03 Å². The lowest BCUT2D eigenvalue weighted by molar-refractivity contribution is -0.121. The molecule has 7 nitrogen and oxygen atoms in total. The first-order valence-electron chi connectivity index (χ1n) is 9.08. The summed E-state index contributed by atoms with van der Waals surface area (Å²) in [5, 5.41) is 3.41. The van der Waals surface area contributed by atoms with Gasteiger partial charge in [-0.15, -0.1) is 0 Å². The van der Waals surface area contributed by atoms with Gasteiger partial charge in [0, 0.05) is 36.4 Å². The maximum atomic E-state index is 12.7. The number of anilines is 1. The van der Waals surface area contributed by atoms with E-state index in [4.69, 9.17) is 21.1 Å². The summed E-state index contributed by atoms with van der Waals surface area (Å²) in [5.41, 5.74) is 1.57. The second kappa shape index (κ2) is 7.98. The SMILES string of the molecule is O=C(CN1CCN(c2ccc3c(c2)OCCO3)C1=O)NCc1ccccc1Cl. The van der Waals surface area contributed by atoms with Gasteiger partial charge in [0.05, 0.1) is 0 Å². The summed E-state index contributed by atoms with van der Waals surface area (Å²) in [4.78, 5) is 28.1. The van der Waals surface area contributed by atoms with Crippen LogP contribution in [0.3, 0.4) is 0 Å². The predicted octanol–water partition coefficient (Wildman–Crippen LogP) is 2.67. The van der Waals surface area contributed by atoms with Crippen molar-refractivity contribution < 1.29 is 19.1 Å². The molecule has 8 heteroatoms. The van der Waals surface area contributed by atoms with Crippen LogP contribution in [-0.2, 0) is 11.3 Å². The Morgan fingerprint density at radius 3 is 2.68 bits per heavy atom. The van der Waals surface area contributed by atoms with Crippen molar-refractivity contribution >= 4 is 29.2 Å². The molecule has 0 unspecified atom stereocenters. The minimum Gasteiger partial charge on any atom is -0.486 e. The van der Waals surface area contributed by atoms with Crippen molar-refractivity contribution in [3.63, 3.8) is 0 Å². The third kappa shape index (κ3) is 3.84. The molecule has 0 saturated carbocycles. The van der Waals surface area contributed by atoms with E-state index in [-0.39, 0.29) is 18.5 Å². The third-order valence-corrected chi connectivity index (χ3v) is 5.07. The maximum Gasteiger partial charge on any atom is 0.325 e. The molecule has 0 radical (unpaired) electrons. The van der Waals surface area contributed by atoms with Gasteiger partial charge < -0.3 is 19.7 Å². The molecule has 28 heavy (non-hydrogen) atoms. The second-order valence-corrected chi connectivity index (χ2v) is 6.96. The van der Waals surface area contributed by atoms with Crippen LogP contribution in [0.25, 0.3) is 0 Å². The molecule has 146 valence electrons. The number of carbonyl (C=O) groups excluding carboxylic acids is 2. The monoisotopic (exact) mass is 401 g/mol.